The van der Waals surface area contributed by atoms with E-state index in [0.29, 0.717) is 17.9 Å². The molecule has 1 aromatic rings. The lowest BCUT2D eigenvalue weighted by Gasteiger charge is -2.09. The van der Waals surface area contributed by atoms with E-state index in [4.69, 9.17) is 15.2 Å². The molecule has 0 saturated carbocycles. The highest BCUT2D eigenvalue weighted by molar-refractivity contribution is 5.99. The van der Waals surface area contributed by atoms with Gasteiger partial charge in [-0.05, 0) is 17.7 Å². The quantitative estimate of drug-likeness (QED) is 0.734. The molecular formula is C11H15NO3. The van der Waals surface area contributed by atoms with Gasteiger partial charge >= 0.3 is 0 Å². The predicted octanol–water partition coefficient (Wildman–Crippen LogP) is 0.983. The van der Waals surface area contributed by atoms with Gasteiger partial charge in [0.15, 0.2) is 5.78 Å². The Hall–Kier alpha value is -1.39. The fourth-order valence-corrected chi connectivity index (χ4v) is 1.33. The topological polar surface area (TPSA) is 61.5 Å². The standard InChI is InChI=1S/C11H15NO3/c1-14-7-8-3-4-9(15-2)5-10(8)11(13)6-12/h3-5H,6-7,12H2,1-2H3. The van der Waals surface area contributed by atoms with E-state index in [2.05, 4.69) is 0 Å². The van der Waals surface area contributed by atoms with Crippen molar-refractivity contribution in [3.05, 3.63) is 29.3 Å². The number of hydrogen-bond acceptors (Lipinski definition) is 4. The summed E-state index contributed by atoms with van der Waals surface area (Å²) in [6.45, 7) is 0.384. The van der Waals surface area contributed by atoms with Crippen molar-refractivity contribution in [2.24, 2.45) is 5.73 Å². The van der Waals surface area contributed by atoms with Crippen molar-refractivity contribution in [3.63, 3.8) is 0 Å². The molecule has 0 amide bonds. The minimum Gasteiger partial charge on any atom is -0.497 e. The summed E-state index contributed by atoms with van der Waals surface area (Å²) in [5.74, 6) is 0.535. The molecule has 4 nitrogen and oxygen atoms in total. The molecule has 0 atom stereocenters. The zero-order valence-electron chi connectivity index (χ0n) is 8.95. The average Bonchev–Trinajstić information content (AvgIpc) is 2.29. The van der Waals surface area contributed by atoms with Gasteiger partial charge in [0.2, 0.25) is 0 Å². The van der Waals surface area contributed by atoms with Crippen LogP contribution in [0.1, 0.15) is 15.9 Å². The Balaban J connectivity index is 3.10. The molecule has 0 aliphatic carbocycles. The normalized spacial score (nSPS) is 10.1. The fraction of sp³-hybridized carbons (Fsp3) is 0.364. The second kappa shape index (κ2) is 5.48. The van der Waals surface area contributed by atoms with Gasteiger partial charge in [-0.1, -0.05) is 6.07 Å². The highest BCUT2D eigenvalue weighted by Crippen LogP contribution is 2.18. The molecule has 0 aliphatic rings. The number of methoxy groups -OCH3 is 2. The van der Waals surface area contributed by atoms with Gasteiger partial charge in [-0.15, -0.1) is 0 Å². The van der Waals surface area contributed by atoms with Crippen LogP contribution in [-0.2, 0) is 11.3 Å². The summed E-state index contributed by atoms with van der Waals surface area (Å²) in [6, 6.07) is 5.29. The molecule has 0 aromatic heterocycles. The van der Waals surface area contributed by atoms with Crippen molar-refractivity contribution < 1.29 is 14.3 Å². The van der Waals surface area contributed by atoms with Crippen LogP contribution in [0.2, 0.25) is 0 Å². The number of carbonyl (C=O) groups excluding carboxylic acids is 1. The van der Waals surface area contributed by atoms with Gasteiger partial charge in [-0.25, -0.2) is 0 Å². The molecule has 0 aliphatic heterocycles. The lowest BCUT2D eigenvalue weighted by Crippen LogP contribution is -2.15. The van der Waals surface area contributed by atoms with E-state index in [0.717, 1.165) is 5.56 Å². The molecule has 0 unspecified atom stereocenters. The third kappa shape index (κ3) is 2.78. The molecule has 0 fully saturated rings. The van der Waals surface area contributed by atoms with E-state index in [9.17, 15) is 4.79 Å². The Bertz CT molecular complexity index is 350. The van der Waals surface area contributed by atoms with Crippen molar-refractivity contribution in [2.75, 3.05) is 20.8 Å². The molecule has 0 bridgehead atoms. The van der Waals surface area contributed by atoms with Gasteiger partial charge in [-0.2, -0.15) is 0 Å². The summed E-state index contributed by atoms with van der Waals surface area (Å²) in [4.78, 5) is 11.5. The van der Waals surface area contributed by atoms with E-state index in [1.54, 1.807) is 26.4 Å². The van der Waals surface area contributed by atoms with Gasteiger partial charge in [-0.3, -0.25) is 4.79 Å². The first-order valence-electron chi connectivity index (χ1n) is 4.62. The zero-order valence-corrected chi connectivity index (χ0v) is 8.95. The summed E-state index contributed by atoms with van der Waals surface area (Å²) >= 11 is 0. The predicted molar refractivity (Wildman–Crippen MR) is 57.1 cm³/mol. The van der Waals surface area contributed by atoms with Gasteiger partial charge in [0.1, 0.15) is 5.75 Å². The summed E-state index contributed by atoms with van der Waals surface area (Å²) in [5.41, 5.74) is 6.73. The Morgan fingerprint density at radius 2 is 2.13 bits per heavy atom. The van der Waals surface area contributed by atoms with Crippen LogP contribution < -0.4 is 10.5 Å². The molecule has 1 aromatic carbocycles. The minimum absolute atomic E-state index is 0.0100. The second-order valence-electron chi connectivity index (χ2n) is 3.08. The molecule has 15 heavy (non-hydrogen) atoms. The molecule has 0 saturated heterocycles. The van der Waals surface area contributed by atoms with Crippen LogP contribution in [0.15, 0.2) is 18.2 Å². The number of hydrogen-bond donors (Lipinski definition) is 1. The smallest absolute Gasteiger partial charge is 0.176 e. The van der Waals surface area contributed by atoms with E-state index < -0.39 is 0 Å². The number of ketones is 1. The SMILES string of the molecule is COCc1ccc(OC)cc1C(=O)CN. The number of carbonyl (C=O) groups is 1. The maximum Gasteiger partial charge on any atom is 0.176 e. The Labute approximate surface area is 89.0 Å². The first-order chi connectivity index (χ1) is 7.22. The van der Waals surface area contributed by atoms with Gasteiger partial charge in [0, 0.05) is 12.7 Å². The Morgan fingerprint density at radius 3 is 2.67 bits per heavy atom. The summed E-state index contributed by atoms with van der Waals surface area (Å²) in [5, 5.41) is 0. The molecular weight excluding hydrogens is 194 g/mol. The van der Waals surface area contributed by atoms with Gasteiger partial charge < -0.3 is 15.2 Å². The van der Waals surface area contributed by atoms with Crippen LogP contribution in [0.4, 0.5) is 0 Å². The van der Waals surface area contributed by atoms with E-state index in [1.807, 2.05) is 6.07 Å². The third-order valence-corrected chi connectivity index (χ3v) is 2.10. The van der Waals surface area contributed by atoms with Gasteiger partial charge in [0.25, 0.3) is 0 Å². The van der Waals surface area contributed by atoms with Crippen molar-refractivity contribution in [1.82, 2.24) is 0 Å². The number of Topliss-reactive ketones (excluding diaryl/α,β-unsaturated/α-hetero) is 1. The summed E-state index contributed by atoms with van der Waals surface area (Å²) in [7, 11) is 3.14. The van der Waals surface area contributed by atoms with Crippen molar-refractivity contribution in [1.29, 1.82) is 0 Å². The van der Waals surface area contributed by atoms with Crippen molar-refractivity contribution >= 4 is 5.78 Å². The largest absolute Gasteiger partial charge is 0.497 e. The average molecular weight is 209 g/mol. The summed E-state index contributed by atoms with van der Waals surface area (Å²) in [6.07, 6.45) is 0. The molecule has 0 radical (unpaired) electrons. The molecule has 4 heteroatoms. The number of rotatable bonds is 5. The molecule has 2 N–H and O–H groups in total. The lowest BCUT2D eigenvalue weighted by atomic mass is 10.0. The van der Waals surface area contributed by atoms with Crippen molar-refractivity contribution in [2.45, 2.75) is 6.61 Å². The highest BCUT2D eigenvalue weighted by atomic mass is 16.5. The molecule has 0 spiro atoms. The van der Waals surface area contributed by atoms with Gasteiger partial charge in [0.05, 0.1) is 20.3 Å². The van der Waals surface area contributed by atoms with E-state index in [-0.39, 0.29) is 12.3 Å². The van der Waals surface area contributed by atoms with Crippen LogP contribution in [-0.4, -0.2) is 26.5 Å². The number of benzene rings is 1. The monoisotopic (exact) mass is 209 g/mol. The lowest BCUT2D eigenvalue weighted by molar-refractivity contribution is 0.0996. The molecule has 0 heterocycles. The van der Waals surface area contributed by atoms with E-state index in [1.165, 1.54) is 0 Å². The maximum atomic E-state index is 11.5. The highest BCUT2D eigenvalue weighted by Gasteiger charge is 2.10. The third-order valence-electron chi connectivity index (χ3n) is 2.10. The van der Waals surface area contributed by atoms with Crippen LogP contribution in [0.25, 0.3) is 0 Å². The number of nitrogens with two attached hydrogens (primary N) is 1. The van der Waals surface area contributed by atoms with Crippen LogP contribution in [0.3, 0.4) is 0 Å². The van der Waals surface area contributed by atoms with Crippen LogP contribution >= 0.6 is 0 Å². The maximum absolute atomic E-state index is 11.5. The molecule has 82 valence electrons. The minimum atomic E-state index is -0.110. The number of ether oxygens (including phenoxy) is 2. The Kier molecular flexibility index (Phi) is 4.27. The van der Waals surface area contributed by atoms with Crippen LogP contribution in [0.5, 0.6) is 5.75 Å². The Morgan fingerprint density at radius 1 is 1.40 bits per heavy atom. The van der Waals surface area contributed by atoms with E-state index >= 15 is 0 Å². The first kappa shape index (κ1) is 11.7. The first-order valence-corrected chi connectivity index (χ1v) is 4.62. The molecule has 1 rings (SSSR count). The van der Waals surface area contributed by atoms with Crippen LogP contribution in [0, 0.1) is 0 Å². The summed E-state index contributed by atoms with van der Waals surface area (Å²) < 4.78 is 10.1. The second-order valence-corrected chi connectivity index (χ2v) is 3.08. The van der Waals surface area contributed by atoms with Crippen molar-refractivity contribution in [3.8, 4) is 5.75 Å². The fourth-order valence-electron chi connectivity index (χ4n) is 1.33. The zero-order chi connectivity index (χ0) is 11.3.